The summed E-state index contributed by atoms with van der Waals surface area (Å²) in [6, 6.07) is 6.72. The molecule has 0 aliphatic carbocycles. The van der Waals surface area contributed by atoms with Crippen molar-refractivity contribution in [2.24, 2.45) is 11.3 Å². The summed E-state index contributed by atoms with van der Waals surface area (Å²) in [6.45, 7) is 6.86. The number of piperidine rings is 1. The number of likely N-dealkylation sites (tertiary alicyclic amines) is 1. The molecule has 2 aliphatic rings. The van der Waals surface area contributed by atoms with Crippen LogP contribution in [0.2, 0.25) is 0 Å². The first-order valence-corrected chi connectivity index (χ1v) is 11.2. The van der Waals surface area contributed by atoms with Crippen LogP contribution in [-0.4, -0.2) is 85.1 Å². The first-order chi connectivity index (χ1) is 15.1. The zero-order valence-electron chi connectivity index (χ0n) is 19.5. The third-order valence-corrected chi connectivity index (χ3v) is 6.13. The van der Waals surface area contributed by atoms with E-state index >= 15 is 0 Å². The molecule has 4 amide bonds. The van der Waals surface area contributed by atoms with E-state index in [1.807, 2.05) is 14.1 Å². The molecule has 0 unspecified atom stereocenters. The molecular weight excluding hydrogens is 408 g/mol. The van der Waals surface area contributed by atoms with Crippen LogP contribution in [0.1, 0.15) is 53.8 Å². The van der Waals surface area contributed by atoms with Gasteiger partial charge >= 0.3 is 0 Å². The minimum atomic E-state index is -0.342. The second-order valence-corrected chi connectivity index (χ2v) is 9.83. The summed E-state index contributed by atoms with van der Waals surface area (Å²) in [5, 5.41) is 3.07. The highest BCUT2D eigenvalue weighted by Gasteiger charge is 2.36. The van der Waals surface area contributed by atoms with Gasteiger partial charge in [-0.3, -0.25) is 24.1 Å². The molecule has 8 nitrogen and oxygen atoms in total. The highest BCUT2D eigenvalue weighted by Crippen LogP contribution is 2.23. The van der Waals surface area contributed by atoms with E-state index in [9.17, 15) is 19.2 Å². The number of fused-ring (bicyclic) bond motifs is 1. The maximum atomic E-state index is 12.6. The van der Waals surface area contributed by atoms with Gasteiger partial charge in [0, 0.05) is 45.1 Å². The lowest BCUT2D eigenvalue weighted by Gasteiger charge is -2.33. The summed E-state index contributed by atoms with van der Waals surface area (Å²) in [7, 11) is 4.04. The Hall–Kier alpha value is -2.74. The standard InChI is InChI=1S/C24H34N4O4/c1-24(2,16-26(3)4)15-25-21(30)17-9-12-27(13-10-17)20(29)11-14-28-22(31)18-7-5-6-8-19(18)23(28)32/h5-8,17H,9-16H2,1-4H3,(H,25,30). The van der Waals surface area contributed by atoms with Crippen LogP contribution in [0.25, 0.3) is 0 Å². The van der Waals surface area contributed by atoms with E-state index in [1.165, 1.54) is 0 Å². The number of carbonyl (C=O) groups is 4. The van der Waals surface area contributed by atoms with Gasteiger partial charge in [-0.1, -0.05) is 26.0 Å². The summed E-state index contributed by atoms with van der Waals surface area (Å²) >= 11 is 0. The molecular formula is C24H34N4O4. The lowest BCUT2D eigenvalue weighted by molar-refractivity contribution is -0.135. The van der Waals surface area contributed by atoms with Gasteiger partial charge in [-0.05, 0) is 44.5 Å². The summed E-state index contributed by atoms with van der Waals surface area (Å²) in [6.07, 6.45) is 1.35. The number of benzene rings is 1. The van der Waals surface area contributed by atoms with E-state index in [-0.39, 0.29) is 47.9 Å². The fourth-order valence-electron chi connectivity index (χ4n) is 4.58. The normalized spacial score (nSPS) is 17.2. The quantitative estimate of drug-likeness (QED) is 0.618. The van der Waals surface area contributed by atoms with Crippen molar-refractivity contribution in [3.8, 4) is 0 Å². The van der Waals surface area contributed by atoms with E-state index in [4.69, 9.17) is 0 Å². The van der Waals surface area contributed by atoms with Crippen molar-refractivity contribution in [2.75, 3.05) is 46.8 Å². The Labute approximate surface area is 189 Å². The monoisotopic (exact) mass is 442 g/mol. The number of hydrogen-bond acceptors (Lipinski definition) is 5. The number of imide groups is 1. The Morgan fingerprint density at radius 2 is 1.62 bits per heavy atom. The molecule has 174 valence electrons. The van der Waals surface area contributed by atoms with Crippen LogP contribution in [0.5, 0.6) is 0 Å². The molecule has 3 rings (SSSR count). The van der Waals surface area contributed by atoms with Crippen molar-refractivity contribution in [3.05, 3.63) is 35.4 Å². The highest BCUT2D eigenvalue weighted by atomic mass is 16.2. The predicted molar refractivity (Wildman–Crippen MR) is 121 cm³/mol. The van der Waals surface area contributed by atoms with Crippen LogP contribution >= 0.6 is 0 Å². The highest BCUT2D eigenvalue weighted by molar-refractivity contribution is 6.21. The molecule has 2 heterocycles. The average Bonchev–Trinajstić information content (AvgIpc) is 3.00. The first kappa shape index (κ1) is 23.9. The molecule has 0 atom stereocenters. The zero-order chi connectivity index (χ0) is 23.5. The van der Waals surface area contributed by atoms with Gasteiger partial charge in [0.1, 0.15) is 0 Å². The number of amides is 4. The first-order valence-electron chi connectivity index (χ1n) is 11.2. The fraction of sp³-hybridized carbons (Fsp3) is 0.583. The van der Waals surface area contributed by atoms with Crippen LogP contribution in [0.4, 0.5) is 0 Å². The Morgan fingerprint density at radius 1 is 1.06 bits per heavy atom. The number of hydrogen-bond donors (Lipinski definition) is 1. The lowest BCUT2D eigenvalue weighted by Crippen LogP contribution is -2.46. The van der Waals surface area contributed by atoms with Crippen LogP contribution in [-0.2, 0) is 9.59 Å². The van der Waals surface area contributed by atoms with Crippen LogP contribution in [0.15, 0.2) is 24.3 Å². The lowest BCUT2D eigenvalue weighted by atomic mass is 9.91. The summed E-state index contributed by atoms with van der Waals surface area (Å²) in [5.74, 6) is -0.815. The molecule has 32 heavy (non-hydrogen) atoms. The Morgan fingerprint density at radius 3 is 2.16 bits per heavy atom. The second-order valence-electron chi connectivity index (χ2n) is 9.83. The molecule has 0 bridgehead atoms. The molecule has 8 heteroatoms. The molecule has 0 radical (unpaired) electrons. The van der Waals surface area contributed by atoms with Crippen molar-refractivity contribution in [3.63, 3.8) is 0 Å². The molecule has 0 saturated carbocycles. The molecule has 0 spiro atoms. The minimum absolute atomic E-state index is 0.0140. The summed E-state index contributed by atoms with van der Waals surface area (Å²) in [4.78, 5) is 55.1. The molecule has 1 N–H and O–H groups in total. The number of carbonyl (C=O) groups excluding carboxylic acids is 4. The van der Waals surface area contributed by atoms with Crippen molar-refractivity contribution in [1.29, 1.82) is 0 Å². The van der Waals surface area contributed by atoms with Gasteiger partial charge in [0.25, 0.3) is 11.8 Å². The predicted octanol–water partition coefficient (Wildman–Crippen LogP) is 1.62. The Balaban J connectivity index is 1.43. The molecule has 1 aromatic rings. The Kier molecular flexibility index (Phi) is 7.33. The van der Waals surface area contributed by atoms with E-state index in [1.54, 1.807) is 29.2 Å². The maximum Gasteiger partial charge on any atom is 0.261 e. The number of nitrogens with one attached hydrogen (secondary N) is 1. The van der Waals surface area contributed by atoms with Gasteiger partial charge in [-0.25, -0.2) is 0 Å². The van der Waals surface area contributed by atoms with Crippen LogP contribution in [0, 0.1) is 11.3 Å². The molecule has 1 saturated heterocycles. The largest absolute Gasteiger partial charge is 0.355 e. The Bertz CT molecular complexity index is 853. The van der Waals surface area contributed by atoms with Crippen molar-refractivity contribution in [2.45, 2.75) is 33.1 Å². The van der Waals surface area contributed by atoms with Crippen LogP contribution < -0.4 is 5.32 Å². The molecule has 0 aromatic heterocycles. The smallest absolute Gasteiger partial charge is 0.261 e. The molecule has 1 fully saturated rings. The van der Waals surface area contributed by atoms with Crippen molar-refractivity contribution in [1.82, 2.24) is 20.0 Å². The zero-order valence-corrected chi connectivity index (χ0v) is 19.5. The maximum absolute atomic E-state index is 12.6. The van der Waals surface area contributed by atoms with E-state index < -0.39 is 0 Å². The average molecular weight is 443 g/mol. The summed E-state index contributed by atoms with van der Waals surface area (Å²) < 4.78 is 0. The van der Waals surface area contributed by atoms with Gasteiger partial charge in [-0.15, -0.1) is 0 Å². The van der Waals surface area contributed by atoms with E-state index in [0.29, 0.717) is 43.6 Å². The van der Waals surface area contributed by atoms with E-state index in [2.05, 4.69) is 24.1 Å². The third-order valence-electron chi connectivity index (χ3n) is 6.13. The topological polar surface area (TPSA) is 90.0 Å². The van der Waals surface area contributed by atoms with Gasteiger partial charge in [0.05, 0.1) is 11.1 Å². The van der Waals surface area contributed by atoms with E-state index in [0.717, 1.165) is 11.4 Å². The van der Waals surface area contributed by atoms with Crippen molar-refractivity contribution < 1.29 is 19.2 Å². The number of nitrogens with zero attached hydrogens (tertiary/aromatic N) is 3. The minimum Gasteiger partial charge on any atom is -0.355 e. The van der Waals surface area contributed by atoms with Crippen molar-refractivity contribution >= 4 is 23.6 Å². The van der Waals surface area contributed by atoms with Gasteiger partial charge in [0.2, 0.25) is 11.8 Å². The SMILES string of the molecule is CN(C)CC(C)(C)CNC(=O)C1CCN(C(=O)CCN2C(=O)c3ccccc3C2=O)CC1. The van der Waals surface area contributed by atoms with Gasteiger partial charge < -0.3 is 15.1 Å². The second kappa shape index (κ2) is 9.81. The number of rotatable bonds is 8. The van der Waals surface area contributed by atoms with Gasteiger partial charge in [0.15, 0.2) is 0 Å². The molecule has 1 aromatic carbocycles. The fourth-order valence-corrected chi connectivity index (χ4v) is 4.58. The summed E-state index contributed by atoms with van der Waals surface area (Å²) in [5.41, 5.74) is 0.774. The van der Waals surface area contributed by atoms with Gasteiger partial charge in [-0.2, -0.15) is 0 Å². The molecule has 2 aliphatic heterocycles. The van der Waals surface area contributed by atoms with Crippen LogP contribution in [0.3, 0.4) is 0 Å². The third kappa shape index (κ3) is 5.54.